The molecule has 0 fully saturated rings. The van der Waals surface area contributed by atoms with Crippen LogP contribution in [-0.2, 0) is 14.8 Å². The molecule has 0 aliphatic rings. The summed E-state index contributed by atoms with van der Waals surface area (Å²) in [5, 5.41) is 2.62. The van der Waals surface area contributed by atoms with Gasteiger partial charge in [0.1, 0.15) is 0 Å². The van der Waals surface area contributed by atoms with Crippen LogP contribution >= 0.6 is 12.4 Å². The third-order valence-electron chi connectivity index (χ3n) is 2.31. The van der Waals surface area contributed by atoms with Crippen LogP contribution in [0.25, 0.3) is 0 Å². The van der Waals surface area contributed by atoms with Crippen molar-refractivity contribution in [3.63, 3.8) is 0 Å². The van der Waals surface area contributed by atoms with E-state index in [1.807, 2.05) is 0 Å². The van der Waals surface area contributed by atoms with Gasteiger partial charge in [0, 0.05) is 11.4 Å². The number of hydrogen-bond acceptors (Lipinski definition) is 4. The van der Waals surface area contributed by atoms with Gasteiger partial charge in [-0.3, -0.25) is 9.52 Å². The van der Waals surface area contributed by atoms with Crippen molar-refractivity contribution in [1.29, 1.82) is 0 Å². The second kappa shape index (κ2) is 8.08. The Labute approximate surface area is 125 Å². The van der Waals surface area contributed by atoms with Crippen molar-refractivity contribution in [3.05, 3.63) is 24.3 Å². The molecule has 1 atom stereocenters. The Bertz CT molecular complexity index is 529. The number of sulfonamides is 1. The Balaban J connectivity index is 0.00000361. The van der Waals surface area contributed by atoms with Gasteiger partial charge in [0.2, 0.25) is 15.9 Å². The van der Waals surface area contributed by atoms with E-state index in [1.54, 1.807) is 38.1 Å². The number of amides is 1. The molecule has 1 aromatic rings. The SMILES string of the molecule is CCCS(=O)(=O)Nc1ccc(NC(=O)[C@H](C)N)cc1.Cl. The maximum absolute atomic E-state index is 11.6. The number of carbonyl (C=O) groups is 1. The molecule has 0 saturated carbocycles. The summed E-state index contributed by atoms with van der Waals surface area (Å²) in [7, 11) is -3.29. The molecule has 0 unspecified atom stereocenters. The monoisotopic (exact) mass is 321 g/mol. The molecule has 0 bridgehead atoms. The molecule has 1 rings (SSSR count). The third-order valence-corrected chi connectivity index (χ3v) is 3.80. The average Bonchev–Trinajstić information content (AvgIpc) is 2.31. The van der Waals surface area contributed by atoms with Crippen molar-refractivity contribution in [2.75, 3.05) is 15.8 Å². The lowest BCUT2D eigenvalue weighted by molar-refractivity contribution is -0.117. The predicted octanol–water partition coefficient (Wildman–Crippen LogP) is 1.55. The van der Waals surface area contributed by atoms with Gasteiger partial charge >= 0.3 is 0 Å². The number of nitrogens with one attached hydrogen (secondary N) is 2. The van der Waals surface area contributed by atoms with Gasteiger partial charge in [0.15, 0.2) is 0 Å². The highest BCUT2D eigenvalue weighted by atomic mass is 35.5. The summed E-state index contributed by atoms with van der Waals surface area (Å²) in [5.74, 6) is -0.213. The Hall–Kier alpha value is -1.31. The van der Waals surface area contributed by atoms with E-state index in [0.29, 0.717) is 17.8 Å². The Morgan fingerprint density at radius 1 is 1.25 bits per heavy atom. The van der Waals surface area contributed by atoms with Crippen LogP contribution in [0.3, 0.4) is 0 Å². The Kier molecular flexibility index (Phi) is 7.55. The van der Waals surface area contributed by atoms with Gasteiger partial charge in [0.05, 0.1) is 11.8 Å². The fraction of sp³-hybridized carbons (Fsp3) is 0.417. The maximum Gasteiger partial charge on any atom is 0.240 e. The summed E-state index contributed by atoms with van der Waals surface area (Å²) in [6.45, 7) is 3.38. The van der Waals surface area contributed by atoms with Crippen LogP contribution in [0.1, 0.15) is 20.3 Å². The van der Waals surface area contributed by atoms with Crippen molar-refractivity contribution in [2.24, 2.45) is 5.73 Å². The van der Waals surface area contributed by atoms with Crippen LogP contribution < -0.4 is 15.8 Å². The minimum Gasteiger partial charge on any atom is -0.325 e. The first-order valence-corrected chi connectivity index (χ1v) is 7.66. The number of anilines is 2. The molecule has 0 heterocycles. The quantitative estimate of drug-likeness (QED) is 0.739. The third kappa shape index (κ3) is 6.23. The molecule has 0 aliphatic heterocycles. The van der Waals surface area contributed by atoms with Gasteiger partial charge in [-0.05, 0) is 37.6 Å². The molecule has 114 valence electrons. The van der Waals surface area contributed by atoms with E-state index in [0.717, 1.165) is 0 Å². The molecule has 0 saturated heterocycles. The van der Waals surface area contributed by atoms with Crippen molar-refractivity contribution >= 4 is 39.7 Å². The highest BCUT2D eigenvalue weighted by molar-refractivity contribution is 7.92. The van der Waals surface area contributed by atoms with Crippen LogP contribution in [0.15, 0.2) is 24.3 Å². The maximum atomic E-state index is 11.6. The molecule has 6 nitrogen and oxygen atoms in total. The summed E-state index contributed by atoms with van der Waals surface area (Å²) < 4.78 is 25.6. The number of rotatable bonds is 6. The molecular formula is C12H20ClN3O3S. The summed E-state index contributed by atoms with van der Waals surface area (Å²) in [6.07, 6.45) is 0.553. The van der Waals surface area contributed by atoms with Crippen molar-refractivity contribution < 1.29 is 13.2 Å². The zero-order chi connectivity index (χ0) is 14.5. The van der Waals surface area contributed by atoms with E-state index in [1.165, 1.54) is 0 Å². The van der Waals surface area contributed by atoms with E-state index in [9.17, 15) is 13.2 Å². The fourth-order valence-electron chi connectivity index (χ4n) is 1.38. The minimum atomic E-state index is -3.29. The lowest BCUT2D eigenvalue weighted by Gasteiger charge is -2.10. The van der Waals surface area contributed by atoms with Crippen LogP contribution in [-0.4, -0.2) is 26.1 Å². The van der Waals surface area contributed by atoms with Gasteiger partial charge in [-0.1, -0.05) is 6.92 Å². The number of halogens is 1. The van der Waals surface area contributed by atoms with Gasteiger partial charge in [-0.25, -0.2) is 8.42 Å². The van der Waals surface area contributed by atoms with Crippen LogP contribution in [0.5, 0.6) is 0 Å². The summed E-state index contributed by atoms with van der Waals surface area (Å²) in [5.41, 5.74) is 6.46. The molecule has 4 N–H and O–H groups in total. The Morgan fingerprint density at radius 3 is 2.20 bits per heavy atom. The molecule has 1 amide bonds. The first kappa shape index (κ1) is 18.7. The van der Waals surface area contributed by atoms with Crippen LogP contribution in [0, 0.1) is 0 Å². The molecule has 0 aliphatic carbocycles. The van der Waals surface area contributed by atoms with Gasteiger partial charge < -0.3 is 11.1 Å². The highest BCUT2D eigenvalue weighted by Crippen LogP contribution is 2.15. The largest absolute Gasteiger partial charge is 0.325 e. The normalized spacial score (nSPS) is 12.2. The second-order valence-electron chi connectivity index (χ2n) is 4.28. The van der Waals surface area contributed by atoms with Crippen LogP contribution in [0.2, 0.25) is 0 Å². The average molecular weight is 322 g/mol. The molecule has 1 aromatic carbocycles. The minimum absolute atomic E-state index is 0. The number of benzene rings is 1. The highest BCUT2D eigenvalue weighted by Gasteiger charge is 2.10. The number of carbonyl (C=O) groups excluding carboxylic acids is 1. The van der Waals surface area contributed by atoms with Crippen LogP contribution in [0.4, 0.5) is 11.4 Å². The Morgan fingerprint density at radius 2 is 1.75 bits per heavy atom. The van der Waals surface area contributed by atoms with Gasteiger partial charge in [-0.15, -0.1) is 12.4 Å². The van der Waals surface area contributed by atoms with E-state index >= 15 is 0 Å². The lowest BCUT2D eigenvalue weighted by atomic mass is 10.2. The second-order valence-corrected chi connectivity index (χ2v) is 6.12. The van der Waals surface area contributed by atoms with Crippen molar-refractivity contribution in [2.45, 2.75) is 26.3 Å². The zero-order valence-electron chi connectivity index (χ0n) is 11.4. The summed E-state index contributed by atoms with van der Waals surface area (Å²) in [4.78, 5) is 11.4. The molecule has 0 radical (unpaired) electrons. The zero-order valence-corrected chi connectivity index (χ0v) is 13.1. The smallest absolute Gasteiger partial charge is 0.240 e. The first-order chi connectivity index (χ1) is 8.84. The summed E-state index contributed by atoms with van der Waals surface area (Å²) >= 11 is 0. The van der Waals surface area contributed by atoms with E-state index in [4.69, 9.17) is 5.73 Å². The fourth-order valence-corrected chi connectivity index (χ4v) is 2.51. The predicted molar refractivity (Wildman–Crippen MR) is 83.7 cm³/mol. The standard InChI is InChI=1S/C12H19N3O3S.ClH/c1-3-8-19(17,18)15-11-6-4-10(5-7-11)14-12(16)9(2)13;/h4-7,9,15H,3,8,13H2,1-2H3,(H,14,16);1H/t9-;/m0./s1. The molecule has 20 heavy (non-hydrogen) atoms. The summed E-state index contributed by atoms with van der Waals surface area (Å²) in [6, 6.07) is 5.81. The molecular weight excluding hydrogens is 302 g/mol. The lowest BCUT2D eigenvalue weighted by Crippen LogP contribution is -2.32. The first-order valence-electron chi connectivity index (χ1n) is 6.01. The number of hydrogen-bond donors (Lipinski definition) is 3. The topological polar surface area (TPSA) is 101 Å². The number of nitrogens with two attached hydrogens (primary N) is 1. The van der Waals surface area contributed by atoms with E-state index in [2.05, 4.69) is 10.0 Å². The van der Waals surface area contributed by atoms with Gasteiger partial charge in [0.25, 0.3) is 0 Å². The van der Waals surface area contributed by atoms with Gasteiger partial charge in [-0.2, -0.15) is 0 Å². The van der Waals surface area contributed by atoms with E-state index < -0.39 is 16.1 Å². The van der Waals surface area contributed by atoms with Crippen molar-refractivity contribution in [1.82, 2.24) is 0 Å². The molecule has 8 heteroatoms. The van der Waals surface area contributed by atoms with E-state index in [-0.39, 0.29) is 24.1 Å². The molecule has 0 spiro atoms. The molecule has 0 aromatic heterocycles. The van der Waals surface area contributed by atoms with Crippen molar-refractivity contribution in [3.8, 4) is 0 Å².